The SMILES string of the molecule is COC(=O)C1=C(C2CCC(C(=O)O)CC2)NC(c2nccs2)=N[C@H]1c1ccc(F)c(F)c1Cl.COC(=O)C1=C(C2CCC(C(=O)O)CC2)NC(c2nccs2)=N[C@H]1c1ccc(F)cc1Br.COC(=O)C1=C(C2CCN(S(=O)(=O)C3CC(C(=O)O)C3)CC2)NC(c2nccs2)=N[C@H]1c1ccc(F)cc1Cl.COC(=O)C1=C(C2CCN(S(C)(=O)=O)CC2)NC(c2nccs2)=N[C@@H]1c1ccc(F)c(F)c1Cl. The van der Waals surface area contributed by atoms with Gasteiger partial charge in [0.2, 0.25) is 20.0 Å². The molecule has 4 aromatic carbocycles. The number of hydrogen-bond donors (Lipinski definition) is 7. The van der Waals surface area contributed by atoms with Crippen LogP contribution in [0.15, 0.2) is 176 Å². The second-order valence-electron chi connectivity index (χ2n) is 33.1. The predicted octanol–water partition coefficient (Wildman–Crippen LogP) is 15.6. The molecule has 2 saturated heterocycles. The third-order valence-corrected chi connectivity index (χ3v) is 33.6. The van der Waals surface area contributed by atoms with Gasteiger partial charge in [0.25, 0.3) is 0 Å². The third-order valence-electron chi connectivity index (χ3n) is 25.1. The van der Waals surface area contributed by atoms with Crippen LogP contribution in [0.25, 0.3) is 0 Å². The van der Waals surface area contributed by atoms with Crippen molar-refractivity contribution in [3.05, 3.63) is 249 Å². The number of esters is 4. The average molecular weight is 2150 g/mol. The quantitative estimate of drug-likeness (QED) is 0.0143. The highest BCUT2D eigenvalue weighted by atomic mass is 79.9. The zero-order valence-electron chi connectivity index (χ0n) is 73.7. The monoisotopic (exact) mass is 2140 g/mol. The second-order valence-corrected chi connectivity index (χ2v) is 42.9. The Morgan fingerprint density at radius 2 is 0.710 bits per heavy atom. The second kappa shape index (κ2) is 44.8. The number of halogens is 10. The van der Waals surface area contributed by atoms with Crippen molar-refractivity contribution in [2.45, 2.75) is 119 Å². The molecule has 9 aliphatic rings. The van der Waals surface area contributed by atoms with Gasteiger partial charge in [-0.1, -0.05) is 75.0 Å². The summed E-state index contributed by atoms with van der Waals surface area (Å²) in [7, 11) is -1.98. The van der Waals surface area contributed by atoms with Crippen LogP contribution in [0.5, 0.6) is 0 Å². The van der Waals surface area contributed by atoms with Crippen LogP contribution in [0.3, 0.4) is 0 Å². The van der Waals surface area contributed by atoms with Crippen LogP contribution in [0.2, 0.25) is 15.1 Å². The lowest BCUT2D eigenvalue weighted by Crippen LogP contribution is -2.50. The number of amidine groups is 4. The number of ether oxygens (including phenoxy) is 4. The number of nitrogens with one attached hydrogen (secondary N) is 4. The van der Waals surface area contributed by atoms with Crippen molar-refractivity contribution >= 4 is 181 Å². The van der Waals surface area contributed by atoms with Gasteiger partial charge in [0, 0.05) is 133 Å². The molecule has 138 heavy (non-hydrogen) atoms. The van der Waals surface area contributed by atoms with E-state index in [1.807, 2.05) is 5.38 Å². The number of aliphatic imine (C=N–C) groups is 4. The molecule has 10 heterocycles. The molecule has 17 rings (SSSR count). The minimum absolute atomic E-state index is 0.0631. The number of nitrogens with zero attached hydrogens (tertiary/aromatic N) is 10. The van der Waals surface area contributed by atoms with E-state index in [2.05, 4.69) is 67.1 Å². The normalized spacial score (nSPS) is 22.8. The molecule has 48 heteroatoms. The largest absolute Gasteiger partial charge is 0.481 e. The maximum atomic E-state index is 14.4. The number of rotatable bonds is 22. The van der Waals surface area contributed by atoms with Crippen LogP contribution >= 0.6 is 96.1 Å². The molecule has 5 fully saturated rings. The number of carboxylic acid groups (broad SMARTS) is 3. The lowest BCUT2D eigenvalue weighted by atomic mass is 9.78. The number of carboxylic acids is 3. The van der Waals surface area contributed by atoms with Gasteiger partial charge >= 0.3 is 41.8 Å². The zero-order chi connectivity index (χ0) is 99.0. The number of carbonyl (C=O) groups is 7. The number of aromatic nitrogens is 4. The molecule has 6 aliphatic heterocycles. The molecule has 3 saturated carbocycles. The van der Waals surface area contributed by atoms with Crippen molar-refractivity contribution in [3.8, 4) is 0 Å². The number of hydrogen-bond acceptors (Lipinski definition) is 31. The summed E-state index contributed by atoms with van der Waals surface area (Å²) in [6, 6.07) is 8.81. The molecule has 7 N–H and O–H groups in total. The van der Waals surface area contributed by atoms with E-state index < -0.39 is 148 Å². The van der Waals surface area contributed by atoms with Gasteiger partial charge < -0.3 is 55.5 Å². The molecule has 3 aliphatic carbocycles. The van der Waals surface area contributed by atoms with Crippen molar-refractivity contribution in [2.24, 2.45) is 61.4 Å². The Kier molecular flexibility index (Phi) is 33.5. The van der Waals surface area contributed by atoms with E-state index in [4.69, 9.17) is 68.8 Å². The minimum Gasteiger partial charge on any atom is -0.481 e. The molecule has 0 spiro atoms. The Bertz CT molecular complexity index is 6500. The van der Waals surface area contributed by atoms with Crippen LogP contribution < -0.4 is 21.3 Å². The topological polar surface area (TPSA) is 441 Å². The van der Waals surface area contributed by atoms with Crippen molar-refractivity contribution < 1.29 is 111 Å². The van der Waals surface area contributed by atoms with Crippen molar-refractivity contribution in [3.63, 3.8) is 0 Å². The number of piperidine rings is 2. The lowest BCUT2D eigenvalue weighted by molar-refractivity contribution is -0.145. The van der Waals surface area contributed by atoms with E-state index in [1.54, 1.807) is 47.0 Å². The highest BCUT2D eigenvalue weighted by Crippen LogP contribution is 2.49. The van der Waals surface area contributed by atoms with E-state index in [1.165, 1.54) is 119 Å². The van der Waals surface area contributed by atoms with Gasteiger partial charge in [0.05, 0.1) is 90.0 Å². The molecular weight excluding hydrogens is 2060 g/mol. The Morgan fingerprint density at radius 3 is 1.01 bits per heavy atom. The highest BCUT2D eigenvalue weighted by molar-refractivity contribution is 9.10. The predicted molar refractivity (Wildman–Crippen MR) is 505 cm³/mol. The van der Waals surface area contributed by atoms with Crippen molar-refractivity contribution in [1.29, 1.82) is 0 Å². The summed E-state index contributed by atoms with van der Waals surface area (Å²) in [5.74, 6) is -11.4. The fourth-order valence-electron chi connectivity index (χ4n) is 17.9. The molecule has 0 unspecified atom stereocenters. The number of aliphatic carboxylic acids is 3. The zero-order valence-corrected chi connectivity index (χ0v) is 82.5. The van der Waals surface area contributed by atoms with E-state index in [-0.39, 0.29) is 101 Å². The van der Waals surface area contributed by atoms with Crippen LogP contribution in [0.1, 0.15) is 156 Å². The Labute approximate surface area is 826 Å². The molecule has 4 aromatic heterocycles. The summed E-state index contributed by atoms with van der Waals surface area (Å²) in [4.78, 5) is 122. The van der Waals surface area contributed by atoms with Crippen LogP contribution in [-0.2, 0) is 72.6 Å². The number of carbonyl (C=O) groups excluding carboxylic acids is 4. The van der Waals surface area contributed by atoms with Gasteiger partial charge in [-0.2, -0.15) is 0 Å². The van der Waals surface area contributed by atoms with Gasteiger partial charge in [-0.3, -0.25) is 34.4 Å². The van der Waals surface area contributed by atoms with Crippen LogP contribution in [-0.4, -0.2) is 192 Å². The number of allylic oxidation sites excluding steroid dienone is 4. The molecular formula is C90H88BrCl3F6N14O18S6. The number of sulfonamides is 2. The maximum Gasteiger partial charge on any atom is 0.338 e. The van der Waals surface area contributed by atoms with Crippen molar-refractivity contribution in [2.75, 3.05) is 60.9 Å². The van der Waals surface area contributed by atoms with Crippen LogP contribution in [0, 0.1) is 76.3 Å². The summed E-state index contributed by atoms with van der Waals surface area (Å²) in [5.41, 5.74) is 4.26. The fourth-order valence-corrected chi connectivity index (χ4v) is 24.6. The average Bonchev–Trinajstić information content (AvgIpc) is 1.20. The van der Waals surface area contributed by atoms with Crippen LogP contribution in [0.4, 0.5) is 26.3 Å². The van der Waals surface area contributed by atoms with E-state index >= 15 is 0 Å². The first-order valence-corrected chi connectivity index (χ1v) is 51.8. The van der Waals surface area contributed by atoms with Crippen molar-refractivity contribution in [1.82, 2.24) is 49.8 Å². The summed E-state index contributed by atoms with van der Waals surface area (Å²) < 4.78 is 157. The summed E-state index contributed by atoms with van der Waals surface area (Å²) in [5, 5.41) is 48.7. The van der Waals surface area contributed by atoms with Gasteiger partial charge in [-0.25, -0.2) is 90.9 Å². The van der Waals surface area contributed by atoms with Gasteiger partial charge in [-0.05, 0) is 144 Å². The first kappa shape index (κ1) is 103. The Balaban J connectivity index is 0.000000147. The fraction of sp³-hybridized carbons (Fsp3) is 0.389. The Hall–Kier alpha value is -10.7. The molecule has 0 bridgehead atoms. The van der Waals surface area contributed by atoms with Gasteiger partial charge in [0.1, 0.15) is 35.8 Å². The number of benzene rings is 4. The molecule has 0 radical (unpaired) electrons. The summed E-state index contributed by atoms with van der Waals surface area (Å²) >= 11 is 27.5. The summed E-state index contributed by atoms with van der Waals surface area (Å²) in [6.07, 6.45) is 13.7. The standard InChI is InChI=1S/C25H26ClFN4O6S2.C22H21BrFN3O4S.C22H20ClF2N3O4S.C21H21ClF2N4O4S2/c1-37-25(34)19-20(13-4-7-31(8-5-13)39(35,36)16-10-14(11-16)24(32)33)29-22(23-28-6-9-38-23)30-21(19)17-3-2-15(27)12-18(17)26;1-31-22(30)16-17(11-2-4-12(5-3-11)21(28)29)26-19(20-25-8-9-32-20)27-18(16)14-7-6-13(24)10-15(14)23;1-32-22(31)14-17(10-2-4-11(5-3-10)21(29)30)27-19(20-26-8-9-33-20)28-18(14)12-6-7-13(24)16(25)15(12)23;1-32-21(29)14-17(11-5-8-28(9-6-11)34(2,30)31)26-19(20-25-7-10-33-20)27-18(14)12-3-4-13(23)16(24)15(12)22/h2-3,6,9,12-14,16,21H,4-5,7-8,10-11H2,1H3,(H,29,30)(H,32,33);6-12,18H,2-5H2,1H3,(H,26,27)(H,28,29);6-11,18H,2-5H2,1H3,(H,27,28)(H,29,30);3-4,7,10-11,18H,5-6,8-9H2,1-2H3,(H,26,27)/t14?,16?,21-;11?,12?,18-;10?,11?,18-;18-/m0001/s1. The Morgan fingerprint density at radius 1 is 0.413 bits per heavy atom. The van der Waals surface area contributed by atoms with E-state index in [0.29, 0.717) is 164 Å². The molecule has 8 aromatic rings. The highest BCUT2D eigenvalue weighted by Gasteiger charge is 2.49. The molecule has 32 nitrogen and oxygen atoms in total. The van der Waals surface area contributed by atoms with E-state index in [9.17, 15) is 87.0 Å². The first-order chi connectivity index (χ1) is 65.9. The first-order valence-electron chi connectivity index (χ1n) is 43.0. The smallest absolute Gasteiger partial charge is 0.338 e. The van der Waals surface area contributed by atoms with Gasteiger partial charge in [-0.15, -0.1) is 45.3 Å². The van der Waals surface area contributed by atoms with Gasteiger partial charge in [0.15, 0.2) is 66.6 Å². The molecule has 732 valence electrons. The van der Waals surface area contributed by atoms with E-state index in [0.717, 1.165) is 24.5 Å². The lowest BCUT2D eigenvalue weighted by Gasteiger charge is -2.40. The third kappa shape index (κ3) is 22.8. The number of methoxy groups -OCH3 is 4. The molecule has 4 atom stereocenters. The number of thiazole rings is 4. The maximum absolute atomic E-state index is 14.4. The summed E-state index contributed by atoms with van der Waals surface area (Å²) in [6.45, 7) is 0.964. The minimum atomic E-state index is -3.63. The molecule has 0 amide bonds.